The van der Waals surface area contributed by atoms with Crippen molar-refractivity contribution in [2.24, 2.45) is 0 Å². The van der Waals surface area contributed by atoms with Gasteiger partial charge in [-0.3, -0.25) is 0 Å². The van der Waals surface area contributed by atoms with Gasteiger partial charge in [0.05, 0.1) is 23.5 Å². The molecule has 0 aromatic carbocycles. The summed E-state index contributed by atoms with van der Waals surface area (Å²) in [7, 11) is -5.05. The maximum Gasteiger partial charge on any atom is 0.216 e. The molecule has 0 amide bonds. The molecule has 7 heteroatoms. The molecule has 1 aromatic heterocycles. The van der Waals surface area contributed by atoms with Gasteiger partial charge < -0.3 is 9.52 Å². The fourth-order valence-corrected chi connectivity index (χ4v) is 9.00. The molecule has 31 heavy (non-hydrogen) atoms. The molecule has 1 heterocycles. The minimum atomic E-state index is -3.50. The Morgan fingerprint density at radius 1 is 0.968 bits per heavy atom. The van der Waals surface area contributed by atoms with E-state index in [9.17, 15) is 13.5 Å². The molecule has 0 aliphatic carbocycles. The van der Waals surface area contributed by atoms with Gasteiger partial charge in [0, 0.05) is 6.54 Å². The Hall–Kier alpha value is -0.633. The third kappa shape index (κ3) is 9.40. The lowest BCUT2D eigenvalue weighted by Crippen LogP contribution is -2.44. The third-order valence-corrected chi connectivity index (χ3v) is 14.2. The maximum atomic E-state index is 12.6. The van der Waals surface area contributed by atoms with Crippen LogP contribution in [0.3, 0.4) is 0 Å². The van der Waals surface area contributed by atoms with E-state index in [1.165, 1.54) is 32.1 Å². The van der Waals surface area contributed by atoms with Crippen molar-refractivity contribution in [3.63, 3.8) is 0 Å². The molecule has 0 radical (unpaired) electrons. The molecular weight excluding hydrogens is 426 g/mol. The Morgan fingerprint density at radius 2 is 1.55 bits per heavy atom. The summed E-state index contributed by atoms with van der Waals surface area (Å²) in [5.74, 6) is 0. The van der Waals surface area contributed by atoms with Crippen LogP contribution in [0, 0.1) is 0 Å². The Morgan fingerprint density at radius 3 is 2.10 bits per heavy atom. The van der Waals surface area contributed by atoms with E-state index in [-0.39, 0.29) is 6.61 Å². The lowest BCUT2D eigenvalue weighted by atomic mass is 10.1. The molecule has 2 N–H and O–H groups in total. The van der Waals surface area contributed by atoms with E-state index in [1.54, 1.807) is 6.26 Å². The molecule has 1 rings (SSSR count). The molecule has 0 saturated carbocycles. The number of nitrogens with one attached hydrogen (secondary N) is 1. The van der Waals surface area contributed by atoms with Gasteiger partial charge in [0.1, 0.15) is 8.07 Å². The zero-order valence-electron chi connectivity index (χ0n) is 20.4. The number of sulfonamides is 1. The quantitative estimate of drug-likeness (QED) is 0.210. The van der Waals surface area contributed by atoms with E-state index < -0.39 is 23.3 Å². The van der Waals surface area contributed by atoms with Crippen LogP contribution in [0.25, 0.3) is 0 Å². The third-order valence-electron chi connectivity index (χ3n) is 6.95. The molecule has 0 aliphatic rings. The number of hydrogen-bond acceptors (Lipinski definition) is 4. The summed E-state index contributed by atoms with van der Waals surface area (Å²) in [4.78, 5) is 0. The molecule has 1 aromatic rings. The highest BCUT2D eigenvalue weighted by Crippen LogP contribution is 2.21. The van der Waals surface area contributed by atoms with Gasteiger partial charge >= 0.3 is 0 Å². The van der Waals surface area contributed by atoms with E-state index in [0.29, 0.717) is 19.4 Å². The minimum Gasteiger partial charge on any atom is -0.474 e. The van der Waals surface area contributed by atoms with Crippen molar-refractivity contribution in [1.29, 1.82) is 0 Å². The van der Waals surface area contributed by atoms with Gasteiger partial charge in [-0.05, 0) is 24.5 Å². The Labute approximate surface area is 192 Å². The van der Waals surface area contributed by atoms with Crippen molar-refractivity contribution in [3.8, 4) is 0 Å². The number of aliphatic hydroxyl groups is 1. The zero-order chi connectivity index (χ0) is 23.2. The second-order valence-corrected chi connectivity index (χ2v) is 16.1. The molecular formula is C24H47NO4SSi. The van der Waals surface area contributed by atoms with Gasteiger partial charge in [-0.25, -0.2) is 13.1 Å². The molecule has 0 saturated heterocycles. The van der Waals surface area contributed by atoms with Crippen LogP contribution < -0.4 is 10.1 Å². The molecule has 0 bridgehead atoms. The van der Waals surface area contributed by atoms with Crippen LogP contribution in [-0.4, -0.2) is 40.0 Å². The predicted octanol–water partition coefficient (Wildman–Crippen LogP) is 5.35. The van der Waals surface area contributed by atoms with Crippen LogP contribution in [0.4, 0.5) is 0 Å². The fourth-order valence-electron chi connectivity index (χ4n) is 4.36. The van der Waals surface area contributed by atoms with Crippen LogP contribution >= 0.6 is 0 Å². The Balaban J connectivity index is 2.42. The van der Waals surface area contributed by atoms with Crippen molar-refractivity contribution in [2.45, 2.75) is 115 Å². The van der Waals surface area contributed by atoms with E-state index in [4.69, 9.17) is 4.42 Å². The summed E-state index contributed by atoms with van der Waals surface area (Å²) in [6, 6.07) is 5.63. The first-order chi connectivity index (χ1) is 14.9. The van der Waals surface area contributed by atoms with Gasteiger partial charge in [-0.15, -0.1) is 0 Å². The topological polar surface area (TPSA) is 79.5 Å². The molecule has 5 nitrogen and oxygen atoms in total. The van der Waals surface area contributed by atoms with Crippen molar-refractivity contribution in [3.05, 3.63) is 17.9 Å². The van der Waals surface area contributed by atoms with Crippen molar-refractivity contribution >= 4 is 23.5 Å². The molecule has 0 fully saturated rings. The number of rotatable bonds is 19. The highest BCUT2D eigenvalue weighted by Gasteiger charge is 2.32. The highest BCUT2D eigenvalue weighted by atomic mass is 32.2. The number of hydrogen-bond donors (Lipinski definition) is 2. The summed E-state index contributed by atoms with van der Waals surface area (Å²) in [5.41, 5.74) is 1.05. The minimum absolute atomic E-state index is 0.320. The van der Waals surface area contributed by atoms with Crippen LogP contribution in [0.1, 0.15) is 91.0 Å². The average Bonchev–Trinajstić information content (AvgIpc) is 3.23. The van der Waals surface area contributed by atoms with Crippen LogP contribution in [0.5, 0.6) is 0 Å². The summed E-state index contributed by atoms with van der Waals surface area (Å²) < 4.78 is 33.8. The van der Waals surface area contributed by atoms with Gasteiger partial charge in [-0.2, -0.15) is 0 Å². The smallest absolute Gasteiger partial charge is 0.216 e. The largest absolute Gasteiger partial charge is 0.474 e. The number of aliphatic hydroxyl groups excluding tert-OH is 1. The maximum absolute atomic E-state index is 12.6. The summed E-state index contributed by atoms with van der Waals surface area (Å²) in [6.45, 7) is 8.98. The standard InChI is InChI=1S/C24H47NO4SSi/c1-5-9-10-11-12-13-14-15-16-23(20-26)30(27,28)25-18-17-22-19-24(29-21-22)31(6-2,7-3)8-4/h19,21,23,25-26H,5-18,20H2,1-4H3. The zero-order valence-corrected chi connectivity index (χ0v) is 22.2. The van der Waals surface area contributed by atoms with E-state index in [1.807, 2.05) is 0 Å². The Kier molecular flexibility index (Phi) is 14.0. The summed E-state index contributed by atoms with van der Waals surface area (Å²) in [6.07, 6.45) is 12.3. The van der Waals surface area contributed by atoms with Gasteiger partial charge in [-0.1, -0.05) is 97.2 Å². The second kappa shape index (κ2) is 15.2. The van der Waals surface area contributed by atoms with Gasteiger partial charge in [0.25, 0.3) is 0 Å². The number of furan rings is 1. The van der Waals surface area contributed by atoms with E-state index >= 15 is 0 Å². The first kappa shape index (κ1) is 28.4. The summed E-state index contributed by atoms with van der Waals surface area (Å²) >= 11 is 0. The summed E-state index contributed by atoms with van der Waals surface area (Å²) in [5, 5.41) is 10.0. The molecule has 0 aliphatic heterocycles. The molecule has 1 atom stereocenters. The van der Waals surface area contributed by atoms with Crippen molar-refractivity contribution < 1.29 is 17.9 Å². The molecule has 1 unspecified atom stereocenters. The second-order valence-electron chi connectivity index (χ2n) is 8.92. The lowest BCUT2D eigenvalue weighted by Gasteiger charge is -2.24. The van der Waals surface area contributed by atoms with Crippen LogP contribution in [-0.2, 0) is 16.4 Å². The average molecular weight is 474 g/mol. The normalized spacial score (nSPS) is 13.6. The van der Waals surface area contributed by atoms with Crippen molar-refractivity contribution in [1.82, 2.24) is 4.72 Å². The number of unbranched alkanes of at least 4 members (excludes halogenated alkanes) is 7. The van der Waals surface area contributed by atoms with Crippen LogP contribution in [0.2, 0.25) is 18.1 Å². The monoisotopic (exact) mass is 473 g/mol. The predicted molar refractivity (Wildman–Crippen MR) is 134 cm³/mol. The molecule has 182 valence electrons. The first-order valence-corrected chi connectivity index (χ1v) is 16.7. The molecule has 0 spiro atoms. The SMILES string of the molecule is CCCCCCCCCCC(CO)S(=O)(=O)NCCc1coc([Si](CC)(CC)CC)c1. The van der Waals surface area contributed by atoms with Crippen molar-refractivity contribution in [2.75, 3.05) is 13.2 Å². The van der Waals surface area contributed by atoms with Crippen LogP contribution in [0.15, 0.2) is 16.7 Å². The fraction of sp³-hybridized carbons (Fsp3) is 0.833. The van der Waals surface area contributed by atoms with Gasteiger partial charge in [0.15, 0.2) is 0 Å². The first-order valence-electron chi connectivity index (χ1n) is 12.6. The highest BCUT2D eigenvalue weighted by molar-refractivity contribution is 7.90. The lowest BCUT2D eigenvalue weighted by molar-refractivity contribution is 0.282. The Bertz CT molecular complexity index is 677. The van der Waals surface area contributed by atoms with Gasteiger partial charge in [0.2, 0.25) is 10.0 Å². The van der Waals surface area contributed by atoms with E-state index in [2.05, 4.69) is 38.5 Å². The van der Waals surface area contributed by atoms with E-state index in [0.717, 1.165) is 48.3 Å².